The lowest BCUT2D eigenvalue weighted by Crippen LogP contribution is -2.21. The molecule has 2 aromatic carbocycles. The average Bonchev–Trinajstić information content (AvgIpc) is 2.67. The lowest BCUT2D eigenvalue weighted by atomic mass is 10.2. The van der Waals surface area contributed by atoms with E-state index in [9.17, 15) is 19.7 Å². The van der Waals surface area contributed by atoms with E-state index in [1.165, 1.54) is 37.4 Å². The Bertz CT molecular complexity index is 834. The van der Waals surface area contributed by atoms with Crippen molar-refractivity contribution in [1.82, 2.24) is 0 Å². The lowest BCUT2D eigenvalue weighted by molar-refractivity contribution is -0.384. The molecule has 0 saturated carbocycles. The van der Waals surface area contributed by atoms with Crippen LogP contribution in [0.1, 0.15) is 17.3 Å². The zero-order chi connectivity index (χ0) is 19.8. The van der Waals surface area contributed by atoms with Crippen molar-refractivity contribution in [2.75, 3.05) is 25.6 Å². The van der Waals surface area contributed by atoms with Gasteiger partial charge in [-0.2, -0.15) is 0 Å². The maximum Gasteiger partial charge on any atom is 0.338 e. The van der Waals surface area contributed by atoms with Gasteiger partial charge in [-0.1, -0.05) is 0 Å². The van der Waals surface area contributed by atoms with Gasteiger partial charge in [0, 0.05) is 0 Å². The second-order valence-electron chi connectivity index (χ2n) is 5.22. The van der Waals surface area contributed by atoms with Crippen LogP contribution in [0.5, 0.6) is 11.5 Å². The fourth-order valence-electron chi connectivity index (χ4n) is 2.15. The molecule has 0 fully saturated rings. The van der Waals surface area contributed by atoms with E-state index in [0.29, 0.717) is 12.4 Å². The molecular formula is C18H18N2O7. The van der Waals surface area contributed by atoms with E-state index in [1.807, 2.05) is 6.92 Å². The summed E-state index contributed by atoms with van der Waals surface area (Å²) in [4.78, 5) is 34.4. The Morgan fingerprint density at radius 3 is 2.37 bits per heavy atom. The molecule has 27 heavy (non-hydrogen) atoms. The van der Waals surface area contributed by atoms with Crippen molar-refractivity contribution < 1.29 is 28.7 Å². The van der Waals surface area contributed by atoms with Gasteiger partial charge in [0.2, 0.25) is 0 Å². The van der Waals surface area contributed by atoms with Crippen LogP contribution < -0.4 is 14.8 Å². The number of ether oxygens (including phenoxy) is 3. The SMILES string of the molecule is CCOc1ccc(C(=O)OCC(=O)Nc2ccc(OC)cc2[N+](=O)[O-])cc1. The Morgan fingerprint density at radius 1 is 1.11 bits per heavy atom. The smallest absolute Gasteiger partial charge is 0.338 e. The van der Waals surface area contributed by atoms with Gasteiger partial charge >= 0.3 is 5.97 Å². The topological polar surface area (TPSA) is 117 Å². The predicted molar refractivity (Wildman–Crippen MR) is 96.2 cm³/mol. The molecule has 0 heterocycles. The zero-order valence-corrected chi connectivity index (χ0v) is 14.8. The summed E-state index contributed by atoms with van der Waals surface area (Å²) in [5.74, 6) is -0.514. The first-order chi connectivity index (χ1) is 12.9. The number of esters is 1. The van der Waals surface area contributed by atoms with Gasteiger partial charge < -0.3 is 19.5 Å². The highest BCUT2D eigenvalue weighted by molar-refractivity contribution is 5.96. The average molecular weight is 374 g/mol. The molecule has 0 unspecified atom stereocenters. The molecule has 1 N–H and O–H groups in total. The van der Waals surface area contributed by atoms with Crippen molar-refractivity contribution in [3.8, 4) is 11.5 Å². The van der Waals surface area contributed by atoms with Crippen molar-refractivity contribution in [2.24, 2.45) is 0 Å². The summed E-state index contributed by atoms with van der Waals surface area (Å²) in [6.45, 7) is 1.75. The molecule has 142 valence electrons. The van der Waals surface area contributed by atoms with Gasteiger partial charge in [0.05, 0.1) is 30.3 Å². The molecular weight excluding hydrogens is 356 g/mol. The number of nitrogens with zero attached hydrogens (tertiary/aromatic N) is 1. The minimum atomic E-state index is -0.706. The summed E-state index contributed by atoms with van der Waals surface area (Å²) in [7, 11) is 1.37. The van der Waals surface area contributed by atoms with E-state index >= 15 is 0 Å². The quantitative estimate of drug-likeness (QED) is 0.429. The number of amides is 1. The molecule has 0 spiro atoms. The van der Waals surface area contributed by atoms with Gasteiger partial charge in [-0.3, -0.25) is 14.9 Å². The van der Waals surface area contributed by atoms with Crippen molar-refractivity contribution in [1.29, 1.82) is 0 Å². The van der Waals surface area contributed by atoms with Crippen LogP contribution >= 0.6 is 0 Å². The summed E-state index contributed by atoms with van der Waals surface area (Å²) in [5, 5.41) is 13.4. The Hall–Kier alpha value is -3.62. The third-order valence-electron chi connectivity index (χ3n) is 3.41. The first-order valence-electron chi connectivity index (χ1n) is 7.97. The van der Waals surface area contributed by atoms with Gasteiger partial charge in [-0.15, -0.1) is 0 Å². The third kappa shape index (κ3) is 5.43. The highest BCUT2D eigenvalue weighted by Gasteiger charge is 2.18. The number of anilines is 1. The molecule has 2 aromatic rings. The second-order valence-corrected chi connectivity index (χ2v) is 5.22. The Balaban J connectivity index is 1.96. The molecule has 0 bridgehead atoms. The van der Waals surface area contributed by atoms with E-state index < -0.39 is 23.4 Å². The summed E-state index contributed by atoms with van der Waals surface area (Å²) in [6.07, 6.45) is 0. The minimum Gasteiger partial charge on any atom is -0.496 e. The molecule has 0 aliphatic heterocycles. The molecule has 0 saturated heterocycles. The number of hydrogen-bond donors (Lipinski definition) is 1. The number of carbonyl (C=O) groups is 2. The van der Waals surface area contributed by atoms with Crippen LogP contribution in [-0.4, -0.2) is 37.1 Å². The van der Waals surface area contributed by atoms with Gasteiger partial charge in [-0.25, -0.2) is 4.79 Å². The molecule has 0 aliphatic rings. The molecule has 0 aromatic heterocycles. The summed E-state index contributed by atoms with van der Waals surface area (Å²) >= 11 is 0. The van der Waals surface area contributed by atoms with Crippen LogP contribution in [-0.2, 0) is 9.53 Å². The maximum atomic E-state index is 12.0. The first-order valence-corrected chi connectivity index (χ1v) is 7.97. The fourth-order valence-corrected chi connectivity index (χ4v) is 2.15. The number of methoxy groups -OCH3 is 1. The number of benzene rings is 2. The van der Waals surface area contributed by atoms with Gasteiger partial charge in [0.1, 0.15) is 17.2 Å². The van der Waals surface area contributed by atoms with Gasteiger partial charge in [-0.05, 0) is 43.3 Å². The number of nitro groups is 1. The van der Waals surface area contributed by atoms with Crippen LogP contribution in [0.15, 0.2) is 42.5 Å². The molecule has 9 heteroatoms. The third-order valence-corrected chi connectivity index (χ3v) is 3.41. The highest BCUT2D eigenvalue weighted by Crippen LogP contribution is 2.28. The predicted octanol–water partition coefficient (Wildman–Crippen LogP) is 2.80. The van der Waals surface area contributed by atoms with Crippen molar-refractivity contribution >= 4 is 23.3 Å². The van der Waals surface area contributed by atoms with Crippen LogP contribution in [0.3, 0.4) is 0 Å². The molecule has 2 rings (SSSR count). The number of carbonyl (C=O) groups excluding carboxylic acids is 2. The van der Waals surface area contributed by atoms with Gasteiger partial charge in [0.25, 0.3) is 11.6 Å². The summed E-state index contributed by atoms with van der Waals surface area (Å²) in [6, 6.07) is 10.2. The first kappa shape index (κ1) is 19.7. The molecule has 0 radical (unpaired) electrons. The van der Waals surface area contributed by atoms with Crippen molar-refractivity contribution in [3.63, 3.8) is 0 Å². The van der Waals surface area contributed by atoms with Crippen LogP contribution in [0.2, 0.25) is 0 Å². The fraction of sp³-hybridized carbons (Fsp3) is 0.222. The Morgan fingerprint density at radius 2 is 1.78 bits per heavy atom. The normalized spacial score (nSPS) is 10.0. The number of hydrogen-bond acceptors (Lipinski definition) is 7. The monoisotopic (exact) mass is 374 g/mol. The van der Waals surface area contributed by atoms with Gasteiger partial charge in [0.15, 0.2) is 6.61 Å². The summed E-state index contributed by atoms with van der Waals surface area (Å²) in [5.41, 5.74) is -0.106. The molecule has 1 amide bonds. The number of rotatable bonds is 8. The second kappa shape index (κ2) is 9.18. The van der Waals surface area contributed by atoms with E-state index in [-0.39, 0.29) is 22.7 Å². The number of nitro benzene ring substituents is 1. The van der Waals surface area contributed by atoms with E-state index in [4.69, 9.17) is 14.2 Å². The van der Waals surface area contributed by atoms with Crippen molar-refractivity contribution in [2.45, 2.75) is 6.92 Å². The maximum absolute atomic E-state index is 12.0. The standard InChI is InChI=1S/C18H18N2O7/c1-3-26-13-6-4-12(5-7-13)18(22)27-11-17(21)19-15-9-8-14(25-2)10-16(15)20(23)24/h4-10H,3,11H2,1-2H3,(H,19,21). The Labute approximate surface area is 155 Å². The molecule has 9 nitrogen and oxygen atoms in total. The largest absolute Gasteiger partial charge is 0.496 e. The van der Waals surface area contributed by atoms with Crippen molar-refractivity contribution in [3.05, 3.63) is 58.1 Å². The highest BCUT2D eigenvalue weighted by atomic mass is 16.6. The lowest BCUT2D eigenvalue weighted by Gasteiger charge is -2.09. The van der Waals surface area contributed by atoms with Crippen LogP contribution in [0.25, 0.3) is 0 Å². The van der Waals surface area contributed by atoms with E-state index in [2.05, 4.69) is 5.32 Å². The minimum absolute atomic E-state index is 0.0251. The van der Waals surface area contributed by atoms with E-state index in [1.54, 1.807) is 12.1 Å². The van der Waals surface area contributed by atoms with E-state index in [0.717, 1.165) is 0 Å². The van der Waals surface area contributed by atoms with Crippen LogP contribution in [0.4, 0.5) is 11.4 Å². The number of nitrogens with one attached hydrogen (secondary N) is 1. The van der Waals surface area contributed by atoms with Crippen LogP contribution in [0, 0.1) is 10.1 Å². The Kier molecular flexibility index (Phi) is 6.70. The zero-order valence-electron chi connectivity index (χ0n) is 14.8. The molecule has 0 aliphatic carbocycles. The molecule has 0 atom stereocenters. The summed E-state index contributed by atoms with van der Waals surface area (Å²) < 4.78 is 15.1.